The molecule has 2 aromatic rings. The summed E-state index contributed by atoms with van der Waals surface area (Å²) in [5, 5.41) is 9.63. The molecular weight excluding hydrogens is 495 g/mol. The average molecular weight is 520 g/mol. The summed E-state index contributed by atoms with van der Waals surface area (Å²) in [5.74, 6) is -2.04. The number of benzene rings is 2. The van der Waals surface area contributed by atoms with E-state index in [0.717, 1.165) is 12.1 Å². The first kappa shape index (κ1) is 24.7. The lowest BCUT2D eigenvalue weighted by Crippen LogP contribution is -2.59. The Labute approximate surface area is 206 Å². The molecule has 2 heterocycles. The maximum absolute atomic E-state index is 15.7. The molecule has 3 aliphatic rings. The molecule has 1 spiro atoms. The van der Waals surface area contributed by atoms with Crippen molar-refractivity contribution < 1.29 is 31.1 Å². The SMILES string of the molecule is N#C[C@@]1(C(=O)N2CC3(CC3)[C@H](NS(=O)(=O)CF)[C@@H]2Cc2cc(F)cc(-c3ccccc3)c2F)CCO1. The third-order valence-corrected chi connectivity index (χ3v) is 8.39. The number of alkyl halides is 1. The predicted octanol–water partition coefficient (Wildman–Crippen LogP) is 3.06. The highest BCUT2D eigenvalue weighted by Crippen LogP contribution is 2.56. The summed E-state index contributed by atoms with van der Waals surface area (Å²) in [5.41, 5.74) is -1.94. The van der Waals surface area contributed by atoms with Crippen LogP contribution in [0.5, 0.6) is 0 Å². The molecule has 36 heavy (non-hydrogen) atoms. The standard InChI is InChI=1S/C25H24F3N3O4S/c26-15-36(33,34)30-22-20(31(14-24(22)6-7-24)23(32)25(13-29)8-9-35-25)11-17-10-18(27)12-19(21(17)28)16-4-2-1-3-5-16/h1-5,10,12,20,22,30H,6-9,11,14-15H2/t20-,22+,25+/m0/s1. The minimum atomic E-state index is -4.33. The second-order valence-corrected chi connectivity index (χ2v) is 11.4. The van der Waals surface area contributed by atoms with E-state index < -0.39 is 56.7 Å². The summed E-state index contributed by atoms with van der Waals surface area (Å²) in [6.45, 7) is 0.324. The number of halogens is 3. The Bertz CT molecular complexity index is 1340. The highest BCUT2D eigenvalue weighted by Gasteiger charge is 2.64. The fraction of sp³-hybridized carbons (Fsp3) is 0.440. The maximum Gasteiger partial charge on any atom is 0.270 e. The first-order valence-electron chi connectivity index (χ1n) is 11.6. The number of carbonyl (C=O) groups is 1. The monoisotopic (exact) mass is 519 g/mol. The number of carbonyl (C=O) groups excluding carboxylic acids is 1. The van der Waals surface area contributed by atoms with Crippen LogP contribution >= 0.6 is 0 Å². The van der Waals surface area contributed by atoms with Gasteiger partial charge >= 0.3 is 0 Å². The molecule has 1 aliphatic carbocycles. The second kappa shape index (κ2) is 8.87. The van der Waals surface area contributed by atoms with E-state index in [1.54, 1.807) is 30.3 Å². The van der Waals surface area contributed by atoms with Crippen LogP contribution in [-0.4, -0.2) is 56.1 Å². The lowest BCUT2D eigenvalue weighted by molar-refractivity contribution is -0.172. The van der Waals surface area contributed by atoms with Gasteiger partial charge in [0.2, 0.25) is 21.6 Å². The quantitative estimate of drug-likeness (QED) is 0.606. The van der Waals surface area contributed by atoms with Gasteiger partial charge in [-0.2, -0.15) is 5.26 Å². The molecule has 0 bridgehead atoms. The molecule has 1 saturated carbocycles. The van der Waals surface area contributed by atoms with Gasteiger partial charge in [0.1, 0.15) is 17.7 Å². The number of rotatable bonds is 7. The minimum Gasteiger partial charge on any atom is -0.352 e. The molecule has 2 saturated heterocycles. The fourth-order valence-electron chi connectivity index (χ4n) is 5.34. The van der Waals surface area contributed by atoms with Crippen LogP contribution in [0, 0.1) is 28.4 Å². The van der Waals surface area contributed by atoms with Crippen molar-refractivity contribution in [3.05, 3.63) is 59.7 Å². The normalized spacial score (nSPS) is 26.4. The molecule has 2 aliphatic heterocycles. The van der Waals surface area contributed by atoms with Crippen molar-refractivity contribution in [1.82, 2.24) is 9.62 Å². The molecule has 3 fully saturated rings. The van der Waals surface area contributed by atoms with Crippen molar-refractivity contribution in [2.75, 3.05) is 19.2 Å². The van der Waals surface area contributed by atoms with Gasteiger partial charge in [-0.3, -0.25) is 4.79 Å². The van der Waals surface area contributed by atoms with Gasteiger partial charge in [-0.25, -0.2) is 26.3 Å². The van der Waals surface area contributed by atoms with Crippen molar-refractivity contribution in [2.24, 2.45) is 5.41 Å². The summed E-state index contributed by atoms with van der Waals surface area (Å²) < 4.78 is 75.7. The van der Waals surface area contributed by atoms with E-state index in [4.69, 9.17) is 4.74 Å². The van der Waals surface area contributed by atoms with E-state index >= 15 is 4.39 Å². The lowest BCUT2D eigenvalue weighted by Gasteiger charge is -2.39. The van der Waals surface area contributed by atoms with E-state index in [1.165, 1.54) is 4.90 Å². The molecule has 190 valence electrons. The maximum atomic E-state index is 15.7. The zero-order chi connectivity index (χ0) is 25.7. The van der Waals surface area contributed by atoms with Crippen molar-refractivity contribution in [2.45, 2.75) is 43.4 Å². The topological polar surface area (TPSA) is 99.5 Å². The summed E-state index contributed by atoms with van der Waals surface area (Å²) in [4.78, 5) is 14.8. The largest absolute Gasteiger partial charge is 0.352 e. The van der Waals surface area contributed by atoms with E-state index in [0.29, 0.717) is 18.4 Å². The number of sulfonamides is 1. The highest BCUT2D eigenvalue weighted by molar-refractivity contribution is 7.89. The fourth-order valence-corrected chi connectivity index (χ4v) is 6.20. The third kappa shape index (κ3) is 4.17. The smallest absolute Gasteiger partial charge is 0.270 e. The number of nitrogens with one attached hydrogen (secondary N) is 1. The van der Waals surface area contributed by atoms with Crippen LogP contribution in [0.15, 0.2) is 42.5 Å². The zero-order valence-corrected chi connectivity index (χ0v) is 20.0. The van der Waals surface area contributed by atoms with Crippen LogP contribution < -0.4 is 4.72 Å². The molecule has 2 aromatic carbocycles. The van der Waals surface area contributed by atoms with Crippen LogP contribution in [0.4, 0.5) is 13.2 Å². The molecule has 0 unspecified atom stereocenters. The highest BCUT2D eigenvalue weighted by atomic mass is 32.2. The summed E-state index contributed by atoms with van der Waals surface area (Å²) in [6.07, 6.45) is 1.06. The molecule has 1 amide bonds. The van der Waals surface area contributed by atoms with Gasteiger partial charge in [-0.05, 0) is 42.5 Å². The minimum absolute atomic E-state index is 0.0271. The van der Waals surface area contributed by atoms with Gasteiger partial charge in [0, 0.05) is 30.0 Å². The number of ether oxygens (including phenoxy) is 1. The first-order valence-corrected chi connectivity index (χ1v) is 13.2. The van der Waals surface area contributed by atoms with Crippen molar-refractivity contribution in [3.8, 4) is 17.2 Å². The lowest BCUT2D eigenvalue weighted by atomic mass is 9.90. The molecule has 3 atom stereocenters. The van der Waals surface area contributed by atoms with Gasteiger partial charge in [0.15, 0.2) is 0 Å². The Kier molecular flexibility index (Phi) is 6.09. The second-order valence-electron chi connectivity index (χ2n) is 9.72. The first-order chi connectivity index (χ1) is 17.1. The van der Waals surface area contributed by atoms with Crippen molar-refractivity contribution in [3.63, 3.8) is 0 Å². The number of nitriles is 1. The summed E-state index contributed by atoms with van der Waals surface area (Å²) in [6, 6.07) is 8.82. The third-order valence-electron chi connectivity index (χ3n) is 7.49. The number of likely N-dealkylation sites (tertiary alicyclic amines) is 1. The van der Waals surface area contributed by atoms with Gasteiger partial charge < -0.3 is 9.64 Å². The Balaban J connectivity index is 1.56. The molecule has 0 radical (unpaired) electrons. The van der Waals surface area contributed by atoms with E-state index in [9.17, 15) is 27.3 Å². The van der Waals surface area contributed by atoms with Crippen molar-refractivity contribution in [1.29, 1.82) is 5.26 Å². The zero-order valence-electron chi connectivity index (χ0n) is 19.2. The molecule has 11 heteroatoms. The Morgan fingerprint density at radius 3 is 2.44 bits per heavy atom. The van der Waals surface area contributed by atoms with E-state index in [-0.39, 0.29) is 37.1 Å². The van der Waals surface area contributed by atoms with Crippen LogP contribution in [0.2, 0.25) is 0 Å². The Morgan fingerprint density at radius 1 is 1.19 bits per heavy atom. The number of hydrogen-bond acceptors (Lipinski definition) is 5. The van der Waals surface area contributed by atoms with E-state index in [1.807, 2.05) is 6.07 Å². The van der Waals surface area contributed by atoms with Crippen LogP contribution in [0.1, 0.15) is 24.8 Å². The number of hydrogen-bond donors (Lipinski definition) is 1. The summed E-state index contributed by atoms with van der Waals surface area (Å²) >= 11 is 0. The number of nitrogens with zero attached hydrogens (tertiary/aromatic N) is 2. The van der Waals surface area contributed by atoms with Gasteiger partial charge in [0.25, 0.3) is 5.91 Å². The van der Waals surface area contributed by atoms with Crippen LogP contribution in [0.3, 0.4) is 0 Å². The molecule has 5 rings (SSSR count). The Morgan fingerprint density at radius 2 is 1.89 bits per heavy atom. The van der Waals surface area contributed by atoms with Crippen molar-refractivity contribution >= 4 is 15.9 Å². The number of amides is 1. The molecule has 0 aromatic heterocycles. The Hall–Kier alpha value is -2.94. The van der Waals surface area contributed by atoms with Gasteiger partial charge in [0.05, 0.1) is 12.6 Å². The van der Waals surface area contributed by atoms with E-state index in [2.05, 4.69) is 4.72 Å². The summed E-state index contributed by atoms with van der Waals surface area (Å²) in [7, 11) is -4.33. The predicted molar refractivity (Wildman–Crippen MR) is 123 cm³/mol. The molecule has 1 N–H and O–H groups in total. The van der Waals surface area contributed by atoms with Crippen LogP contribution in [-0.2, 0) is 26.0 Å². The van der Waals surface area contributed by atoms with Gasteiger partial charge in [-0.15, -0.1) is 0 Å². The van der Waals surface area contributed by atoms with Gasteiger partial charge in [-0.1, -0.05) is 30.3 Å². The molecular formula is C25H24F3N3O4S. The van der Waals surface area contributed by atoms with Crippen LogP contribution in [0.25, 0.3) is 11.1 Å². The average Bonchev–Trinajstić information content (AvgIpc) is 3.56. The molecule has 7 nitrogen and oxygen atoms in total.